The third kappa shape index (κ3) is 4.37. The fraction of sp³-hybridized carbons (Fsp3) is 0.125. The number of aryl methyl sites for hydroxylation is 1. The zero-order valence-electron chi connectivity index (χ0n) is 12.4. The highest BCUT2D eigenvalue weighted by molar-refractivity contribution is 7.99. The second-order valence-electron chi connectivity index (χ2n) is 4.72. The minimum Gasteiger partial charge on any atom is -0.301 e. The first kappa shape index (κ1) is 15.6. The average molecular weight is 342 g/mol. The summed E-state index contributed by atoms with van der Waals surface area (Å²) in [5, 5.41) is 5.76. The number of carbonyl (C=O) groups is 1. The van der Waals surface area contributed by atoms with Gasteiger partial charge in [-0.1, -0.05) is 42.1 Å². The summed E-state index contributed by atoms with van der Waals surface area (Å²) in [6.45, 7) is 1.92. The van der Waals surface area contributed by atoms with E-state index in [0.717, 1.165) is 17.0 Å². The summed E-state index contributed by atoms with van der Waals surface area (Å²) in [5.74, 6) is 0.133. The van der Waals surface area contributed by atoms with Gasteiger partial charge in [0.1, 0.15) is 0 Å². The van der Waals surface area contributed by atoms with E-state index < -0.39 is 0 Å². The number of nitrogens with zero attached hydrogens (tertiary/aromatic N) is 3. The molecule has 0 unspecified atom stereocenters. The van der Waals surface area contributed by atoms with Gasteiger partial charge in [-0.2, -0.15) is 0 Å². The van der Waals surface area contributed by atoms with Crippen molar-refractivity contribution in [3.63, 3.8) is 0 Å². The quantitative estimate of drug-likeness (QED) is 0.566. The lowest BCUT2D eigenvalue weighted by atomic mass is 10.1. The van der Waals surface area contributed by atoms with Crippen LogP contribution in [-0.4, -0.2) is 26.6 Å². The van der Waals surface area contributed by atoms with E-state index in [1.807, 2.05) is 48.7 Å². The zero-order chi connectivity index (χ0) is 16.1. The van der Waals surface area contributed by atoms with Gasteiger partial charge in [-0.05, 0) is 13.0 Å². The van der Waals surface area contributed by atoms with Gasteiger partial charge >= 0.3 is 0 Å². The molecule has 3 rings (SSSR count). The number of carbonyl (C=O) groups excluding carboxylic acids is 1. The number of nitrogens with one attached hydrogen (secondary N) is 1. The van der Waals surface area contributed by atoms with Crippen molar-refractivity contribution in [1.82, 2.24) is 15.0 Å². The van der Waals surface area contributed by atoms with Gasteiger partial charge in [0.2, 0.25) is 5.91 Å². The second kappa shape index (κ2) is 7.34. The molecular formula is C16H14N4OS2. The van der Waals surface area contributed by atoms with Gasteiger partial charge in [-0.25, -0.2) is 15.0 Å². The molecule has 116 valence electrons. The van der Waals surface area contributed by atoms with E-state index in [1.165, 1.54) is 23.1 Å². The van der Waals surface area contributed by atoms with Gasteiger partial charge in [-0.3, -0.25) is 4.79 Å². The van der Waals surface area contributed by atoms with Crippen molar-refractivity contribution >= 4 is 34.1 Å². The van der Waals surface area contributed by atoms with Crippen LogP contribution in [0, 0.1) is 6.92 Å². The predicted octanol–water partition coefficient (Wildman–Crippen LogP) is 3.64. The summed E-state index contributed by atoms with van der Waals surface area (Å²) in [6.07, 6.45) is 1.66. The van der Waals surface area contributed by atoms with Crippen LogP contribution < -0.4 is 5.32 Å². The molecule has 1 aromatic carbocycles. The molecule has 0 spiro atoms. The Hall–Kier alpha value is -2.25. The number of anilines is 1. The van der Waals surface area contributed by atoms with E-state index in [1.54, 1.807) is 6.20 Å². The average Bonchev–Trinajstić information content (AvgIpc) is 3.06. The molecular weight excluding hydrogens is 328 g/mol. The largest absolute Gasteiger partial charge is 0.301 e. The van der Waals surface area contributed by atoms with Crippen molar-refractivity contribution in [2.24, 2.45) is 0 Å². The van der Waals surface area contributed by atoms with Crippen molar-refractivity contribution in [2.75, 3.05) is 11.1 Å². The number of thioether (sulfide) groups is 1. The number of benzene rings is 1. The van der Waals surface area contributed by atoms with Crippen molar-refractivity contribution in [1.29, 1.82) is 0 Å². The molecule has 0 saturated heterocycles. The van der Waals surface area contributed by atoms with Crippen LogP contribution in [0.3, 0.4) is 0 Å². The molecule has 0 bridgehead atoms. The lowest BCUT2D eigenvalue weighted by Crippen LogP contribution is -2.14. The molecule has 0 saturated carbocycles. The monoisotopic (exact) mass is 342 g/mol. The van der Waals surface area contributed by atoms with E-state index in [2.05, 4.69) is 20.3 Å². The lowest BCUT2D eigenvalue weighted by Gasteiger charge is -2.06. The topological polar surface area (TPSA) is 67.8 Å². The smallest absolute Gasteiger partial charge is 0.236 e. The van der Waals surface area contributed by atoms with E-state index in [0.29, 0.717) is 10.3 Å². The van der Waals surface area contributed by atoms with Gasteiger partial charge in [0.25, 0.3) is 0 Å². The fourth-order valence-corrected chi connectivity index (χ4v) is 3.18. The summed E-state index contributed by atoms with van der Waals surface area (Å²) >= 11 is 2.71. The highest BCUT2D eigenvalue weighted by Crippen LogP contribution is 2.21. The van der Waals surface area contributed by atoms with Gasteiger partial charge in [0, 0.05) is 22.8 Å². The molecule has 0 atom stereocenters. The molecule has 0 aliphatic rings. The fourth-order valence-electron chi connectivity index (χ4n) is 1.93. The summed E-state index contributed by atoms with van der Waals surface area (Å²) in [5.41, 5.74) is 2.77. The van der Waals surface area contributed by atoms with Gasteiger partial charge < -0.3 is 5.32 Å². The maximum Gasteiger partial charge on any atom is 0.236 e. The molecule has 1 N–H and O–H groups in total. The third-order valence-corrected chi connectivity index (χ3v) is 4.45. The maximum absolute atomic E-state index is 11.9. The first-order valence-electron chi connectivity index (χ1n) is 6.94. The molecule has 0 fully saturated rings. The first-order chi connectivity index (χ1) is 11.2. The number of amides is 1. The van der Waals surface area contributed by atoms with Crippen LogP contribution in [-0.2, 0) is 4.79 Å². The van der Waals surface area contributed by atoms with E-state index >= 15 is 0 Å². The Bertz CT molecular complexity index is 791. The van der Waals surface area contributed by atoms with Crippen LogP contribution >= 0.6 is 23.1 Å². The number of aromatic nitrogens is 3. The van der Waals surface area contributed by atoms with Gasteiger partial charge in [0.15, 0.2) is 10.3 Å². The normalized spacial score (nSPS) is 10.5. The summed E-state index contributed by atoms with van der Waals surface area (Å²) in [7, 11) is 0. The molecule has 1 amide bonds. The van der Waals surface area contributed by atoms with Crippen LogP contribution in [0.5, 0.6) is 0 Å². The minimum atomic E-state index is -0.115. The Morgan fingerprint density at radius 1 is 1.26 bits per heavy atom. The van der Waals surface area contributed by atoms with Crippen LogP contribution in [0.15, 0.2) is 53.1 Å². The summed E-state index contributed by atoms with van der Waals surface area (Å²) in [4.78, 5) is 24.8. The number of rotatable bonds is 5. The Balaban J connectivity index is 1.68. The van der Waals surface area contributed by atoms with Gasteiger partial charge in [0.05, 0.1) is 11.4 Å². The molecule has 23 heavy (non-hydrogen) atoms. The van der Waals surface area contributed by atoms with Crippen LogP contribution in [0.4, 0.5) is 5.13 Å². The van der Waals surface area contributed by atoms with E-state index in [9.17, 15) is 4.79 Å². The highest BCUT2D eigenvalue weighted by Gasteiger charge is 2.09. The second-order valence-corrected chi connectivity index (χ2v) is 6.55. The summed E-state index contributed by atoms with van der Waals surface area (Å²) < 4.78 is 0. The van der Waals surface area contributed by atoms with Crippen LogP contribution in [0.2, 0.25) is 0 Å². The standard InChI is InChI=1S/C16H14N4OS2/c1-11-9-13(12-5-3-2-4-6-12)19-16(18-11)23-10-14(21)20-15-17-7-8-22-15/h2-9H,10H2,1H3,(H,17,20,21). The van der Waals surface area contributed by atoms with Crippen molar-refractivity contribution in [3.8, 4) is 11.3 Å². The Morgan fingerprint density at radius 3 is 2.83 bits per heavy atom. The van der Waals surface area contributed by atoms with Crippen molar-refractivity contribution < 1.29 is 4.79 Å². The number of hydrogen-bond donors (Lipinski definition) is 1. The minimum absolute atomic E-state index is 0.115. The molecule has 2 aromatic heterocycles. The third-order valence-electron chi connectivity index (χ3n) is 2.91. The zero-order valence-corrected chi connectivity index (χ0v) is 14.0. The van der Waals surface area contributed by atoms with Crippen LogP contribution in [0.1, 0.15) is 5.69 Å². The molecule has 2 heterocycles. The molecule has 0 aliphatic heterocycles. The Labute approximate surface area is 142 Å². The number of hydrogen-bond acceptors (Lipinski definition) is 6. The van der Waals surface area contributed by atoms with Gasteiger partial charge in [-0.15, -0.1) is 11.3 Å². The molecule has 3 aromatic rings. The highest BCUT2D eigenvalue weighted by atomic mass is 32.2. The Kier molecular flexibility index (Phi) is 4.99. The molecule has 7 heteroatoms. The van der Waals surface area contributed by atoms with E-state index in [4.69, 9.17) is 0 Å². The maximum atomic E-state index is 11.9. The summed E-state index contributed by atoms with van der Waals surface area (Å²) in [6, 6.07) is 11.9. The number of thiazole rings is 1. The van der Waals surface area contributed by atoms with Crippen molar-refractivity contribution in [3.05, 3.63) is 53.7 Å². The van der Waals surface area contributed by atoms with Crippen molar-refractivity contribution in [2.45, 2.75) is 12.1 Å². The predicted molar refractivity (Wildman–Crippen MR) is 93.7 cm³/mol. The molecule has 0 radical (unpaired) electrons. The first-order valence-corrected chi connectivity index (χ1v) is 8.80. The van der Waals surface area contributed by atoms with E-state index in [-0.39, 0.29) is 11.7 Å². The SMILES string of the molecule is Cc1cc(-c2ccccc2)nc(SCC(=O)Nc2nccs2)n1. The molecule has 0 aliphatic carbocycles. The molecule has 5 nitrogen and oxygen atoms in total. The van der Waals surface area contributed by atoms with Crippen LogP contribution in [0.25, 0.3) is 11.3 Å². The Morgan fingerprint density at radius 2 is 2.09 bits per heavy atom. The lowest BCUT2D eigenvalue weighted by molar-refractivity contribution is -0.113.